The summed E-state index contributed by atoms with van der Waals surface area (Å²) in [5.74, 6) is -0.168. The van der Waals surface area contributed by atoms with Gasteiger partial charge >= 0.3 is 0 Å². The molecule has 8 nitrogen and oxygen atoms in total. The predicted molar refractivity (Wildman–Crippen MR) is 167 cm³/mol. The fourth-order valence-electron chi connectivity index (χ4n) is 7.97. The lowest BCUT2D eigenvalue weighted by Gasteiger charge is -2.49. The Morgan fingerprint density at radius 3 is 2.65 bits per heavy atom. The van der Waals surface area contributed by atoms with Crippen LogP contribution in [0.25, 0.3) is 0 Å². The molecule has 6 atom stereocenters. The van der Waals surface area contributed by atoms with E-state index in [9.17, 15) is 23.4 Å². The smallest absolute Gasteiger partial charge is 0.264 e. The zero-order valence-electron chi connectivity index (χ0n) is 25.0. The minimum Gasteiger partial charge on any atom is -0.490 e. The number of aliphatic hydroxyl groups excluding tert-OH is 1. The van der Waals surface area contributed by atoms with Crippen LogP contribution in [0.4, 0.5) is 5.69 Å². The van der Waals surface area contributed by atoms with Gasteiger partial charge in [0.15, 0.2) is 0 Å². The monoisotopic (exact) mass is 630 g/mol. The van der Waals surface area contributed by atoms with Gasteiger partial charge in [0.05, 0.1) is 29.8 Å². The molecule has 2 aliphatic heterocycles. The third-order valence-corrected chi connectivity index (χ3v) is 13.1. The van der Waals surface area contributed by atoms with Gasteiger partial charge in [-0.25, -0.2) is 13.1 Å². The van der Waals surface area contributed by atoms with Crippen molar-refractivity contribution in [2.75, 3.05) is 31.2 Å². The van der Waals surface area contributed by atoms with Crippen molar-refractivity contribution in [1.82, 2.24) is 4.72 Å². The summed E-state index contributed by atoms with van der Waals surface area (Å²) in [5, 5.41) is 22.0. The third kappa shape index (κ3) is 5.67. The maximum absolute atomic E-state index is 13.4. The zero-order chi connectivity index (χ0) is 30.6. The van der Waals surface area contributed by atoms with E-state index in [4.69, 9.17) is 16.3 Å². The SMILES string of the molecule is C[C@@H]1[C@@H](C)CCCC(O)(CO)[C@@H]2CC[C@H]2CN2C[C@@]3(CCCc4cc(Cl)ccc43)COc3ccc(cc32)C(=O)NS1(=O)=O. The van der Waals surface area contributed by atoms with Crippen LogP contribution in [0.1, 0.15) is 80.3 Å². The molecule has 1 saturated carbocycles. The van der Waals surface area contributed by atoms with Crippen molar-refractivity contribution in [2.24, 2.45) is 17.8 Å². The van der Waals surface area contributed by atoms with E-state index in [0.29, 0.717) is 49.7 Å². The second-order valence-electron chi connectivity index (χ2n) is 13.5. The molecule has 0 radical (unpaired) electrons. The molecule has 2 aliphatic carbocycles. The van der Waals surface area contributed by atoms with Crippen molar-refractivity contribution >= 4 is 33.2 Å². The molecule has 0 aromatic heterocycles. The van der Waals surface area contributed by atoms with E-state index in [1.54, 1.807) is 25.1 Å². The van der Waals surface area contributed by atoms with Gasteiger partial charge in [0.25, 0.3) is 5.91 Å². The number of aliphatic hydroxyl groups is 2. The van der Waals surface area contributed by atoms with Crippen molar-refractivity contribution in [3.05, 3.63) is 58.1 Å². The maximum Gasteiger partial charge on any atom is 0.264 e. The molecular formula is C33H43ClN2O6S. The number of anilines is 1. The Bertz CT molecular complexity index is 1500. The van der Waals surface area contributed by atoms with Crippen LogP contribution in [0.3, 0.4) is 0 Å². The Hall–Kier alpha value is -2.33. The molecule has 2 bridgehead atoms. The first-order chi connectivity index (χ1) is 20.4. The van der Waals surface area contributed by atoms with E-state index in [0.717, 1.165) is 37.8 Å². The average molecular weight is 631 g/mol. The van der Waals surface area contributed by atoms with Gasteiger partial charge < -0.3 is 19.8 Å². The van der Waals surface area contributed by atoms with Crippen LogP contribution in [0.2, 0.25) is 5.02 Å². The zero-order valence-corrected chi connectivity index (χ0v) is 26.6. The van der Waals surface area contributed by atoms with Gasteiger partial charge in [-0.1, -0.05) is 31.0 Å². The Morgan fingerprint density at radius 1 is 1.09 bits per heavy atom. The molecule has 2 aromatic carbocycles. The Balaban J connectivity index is 1.43. The van der Waals surface area contributed by atoms with Gasteiger partial charge in [0.1, 0.15) is 5.75 Å². The molecule has 1 unspecified atom stereocenters. The summed E-state index contributed by atoms with van der Waals surface area (Å²) in [4.78, 5) is 15.6. The van der Waals surface area contributed by atoms with Crippen LogP contribution in [0.15, 0.2) is 36.4 Å². The summed E-state index contributed by atoms with van der Waals surface area (Å²) in [5.41, 5.74) is 1.93. The lowest BCUT2D eigenvalue weighted by atomic mass is 9.63. The molecule has 1 fully saturated rings. The van der Waals surface area contributed by atoms with Gasteiger partial charge in [-0.05, 0) is 111 Å². The summed E-state index contributed by atoms with van der Waals surface area (Å²) in [6, 6.07) is 11.3. The molecule has 1 spiro atoms. The average Bonchev–Trinajstić information content (AvgIpc) is 3.11. The number of ether oxygens (including phenoxy) is 1. The van der Waals surface area contributed by atoms with Crippen LogP contribution in [0, 0.1) is 17.8 Å². The largest absolute Gasteiger partial charge is 0.490 e. The predicted octanol–water partition coefficient (Wildman–Crippen LogP) is 4.83. The number of carbonyl (C=O) groups is 1. The maximum atomic E-state index is 13.4. The number of hydrogen-bond donors (Lipinski definition) is 3. The van der Waals surface area contributed by atoms with Crippen molar-refractivity contribution in [3.8, 4) is 5.75 Å². The number of benzene rings is 2. The Labute approximate surface area is 259 Å². The van der Waals surface area contributed by atoms with Crippen molar-refractivity contribution in [1.29, 1.82) is 0 Å². The molecule has 2 aromatic rings. The second kappa shape index (κ2) is 11.5. The number of nitrogens with zero attached hydrogens (tertiary/aromatic N) is 1. The Morgan fingerprint density at radius 2 is 1.91 bits per heavy atom. The standard InChI is InChI=1S/C33H43ClN2O6S/c1-21-5-3-14-33(39,19-37)28-10-7-25(28)17-36-18-32(13-4-6-23-15-26(34)9-11-27(23)32)20-42-30-12-8-24(16-29(30)36)31(38)35-43(40,41)22(21)2/h8-9,11-12,15-16,21-22,25,28,37,39H,3-7,10,13-14,17-20H2,1-2H3,(H,35,38)/t21-,22+,25-,28+,32-,33?/m0/s1. The minimum atomic E-state index is -3.95. The number of sulfonamides is 1. The van der Waals surface area contributed by atoms with Crippen LogP contribution >= 0.6 is 11.6 Å². The number of amides is 1. The number of hydrogen-bond acceptors (Lipinski definition) is 7. The molecule has 4 aliphatic rings. The second-order valence-corrected chi connectivity index (χ2v) is 16.0. The molecule has 1 amide bonds. The first-order valence-electron chi connectivity index (χ1n) is 15.6. The summed E-state index contributed by atoms with van der Waals surface area (Å²) in [7, 11) is -3.95. The molecular weight excluding hydrogens is 588 g/mol. The number of aryl methyl sites for hydroxylation is 1. The third-order valence-electron chi connectivity index (χ3n) is 10.9. The van der Waals surface area contributed by atoms with E-state index in [-0.39, 0.29) is 35.3 Å². The summed E-state index contributed by atoms with van der Waals surface area (Å²) >= 11 is 6.39. The van der Waals surface area contributed by atoms with Gasteiger partial charge in [0.2, 0.25) is 10.0 Å². The van der Waals surface area contributed by atoms with E-state index < -0.39 is 26.8 Å². The topological polar surface area (TPSA) is 116 Å². The Kier molecular flexibility index (Phi) is 8.24. The highest BCUT2D eigenvalue weighted by Gasteiger charge is 2.48. The number of nitrogens with one attached hydrogen (secondary N) is 1. The molecule has 2 heterocycles. The van der Waals surface area contributed by atoms with Crippen molar-refractivity contribution < 1.29 is 28.2 Å². The van der Waals surface area contributed by atoms with Gasteiger partial charge in [-0.2, -0.15) is 0 Å². The number of carbonyl (C=O) groups excluding carboxylic acids is 1. The van der Waals surface area contributed by atoms with Crippen LogP contribution in [-0.2, 0) is 21.9 Å². The molecule has 6 rings (SSSR count). The van der Waals surface area contributed by atoms with Crippen LogP contribution in [0.5, 0.6) is 5.75 Å². The molecule has 3 N–H and O–H groups in total. The molecule has 234 valence electrons. The van der Waals surface area contributed by atoms with Crippen molar-refractivity contribution in [3.63, 3.8) is 0 Å². The van der Waals surface area contributed by atoms with Crippen molar-refractivity contribution in [2.45, 2.75) is 81.5 Å². The van der Waals surface area contributed by atoms with Gasteiger partial charge in [-0.3, -0.25) is 4.79 Å². The number of halogens is 1. The quantitative estimate of drug-likeness (QED) is 0.413. The fraction of sp³-hybridized carbons (Fsp3) is 0.606. The van der Waals surface area contributed by atoms with E-state index >= 15 is 0 Å². The minimum absolute atomic E-state index is 0.0747. The van der Waals surface area contributed by atoms with E-state index in [1.165, 1.54) is 11.1 Å². The lowest BCUT2D eigenvalue weighted by Crippen LogP contribution is -2.54. The van der Waals surface area contributed by atoms with E-state index in [1.807, 2.05) is 13.0 Å². The normalized spacial score (nSPS) is 34.2. The summed E-state index contributed by atoms with van der Waals surface area (Å²) in [6.07, 6.45) is 6.19. The first-order valence-corrected chi connectivity index (χ1v) is 17.6. The highest BCUT2D eigenvalue weighted by atomic mass is 35.5. The molecule has 0 saturated heterocycles. The fourth-order valence-corrected chi connectivity index (χ4v) is 9.47. The summed E-state index contributed by atoms with van der Waals surface area (Å²) < 4.78 is 35.3. The van der Waals surface area contributed by atoms with Crippen LogP contribution in [-0.4, -0.2) is 61.7 Å². The van der Waals surface area contributed by atoms with E-state index in [2.05, 4.69) is 21.8 Å². The van der Waals surface area contributed by atoms with Crippen LogP contribution < -0.4 is 14.4 Å². The highest BCUT2D eigenvalue weighted by molar-refractivity contribution is 7.90. The molecule has 10 heteroatoms. The number of fused-ring (bicyclic) bond motifs is 4. The highest BCUT2D eigenvalue weighted by Crippen LogP contribution is 2.48. The first kappa shape index (κ1) is 30.7. The number of rotatable bonds is 1. The van der Waals surface area contributed by atoms with Gasteiger partial charge in [0, 0.05) is 29.1 Å². The van der Waals surface area contributed by atoms with Gasteiger partial charge in [-0.15, -0.1) is 0 Å². The molecule has 43 heavy (non-hydrogen) atoms. The summed E-state index contributed by atoms with van der Waals surface area (Å²) in [6.45, 7) is 4.89. The lowest BCUT2D eigenvalue weighted by molar-refractivity contribution is -0.117.